The number of rotatable bonds is 5. The molecule has 0 aliphatic rings. The normalized spacial score (nSPS) is 10.3. The third kappa shape index (κ3) is 4.59. The van der Waals surface area contributed by atoms with Crippen LogP contribution in [0.3, 0.4) is 0 Å². The molecule has 2 N–H and O–H groups in total. The van der Waals surface area contributed by atoms with E-state index < -0.39 is 11.8 Å². The second-order valence-electron chi connectivity index (χ2n) is 5.73. The van der Waals surface area contributed by atoms with Crippen LogP contribution in [0.15, 0.2) is 48.5 Å². The van der Waals surface area contributed by atoms with Crippen LogP contribution in [0.25, 0.3) is 0 Å². The topological polar surface area (TPSA) is 67.4 Å². The summed E-state index contributed by atoms with van der Waals surface area (Å²) in [6, 6.07) is 14.8. The molecular formula is C19H22N2O3. The van der Waals surface area contributed by atoms with E-state index in [2.05, 4.69) is 10.6 Å². The van der Waals surface area contributed by atoms with Crippen molar-refractivity contribution in [3.63, 3.8) is 0 Å². The van der Waals surface area contributed by atoms with Crippen molar-refractivity contribution < 1.29 is 14.3 Å². The molecule has 0 aromatic heterocycles. The van der Waals surface area contributed by atoms with Gasteiger partial charge in [-0.25, -0.2) is 0 Å². The zero-order valence-corrected chi connectivity index (χ0v) is 14.1. The van der Waals surface area contributed by atoms with Gasteiger partial charge in [-0.15, -0.1) is 0 Å². The molecule has 2 rings (SSSR count). The van der Waals surface area contributed by atoms with E-state index in [0.29, 0.717) is 5.69 Å². The first-order valence-electron chi connectivity index (χ1n) is 7.82. The third-order valence-electron chi connectivity index (χ3n) is 3.65. The van der Waals surface area contributed by atoms with Gasteiger partial charge in [0, 0.05) is 12.2 Å². The summed E-state index contributed by atoms with van der Waals surface area (Å²) in [6.07, 6.45) is 0. The van der Waals surface area contributed by atoms with Crippen LogP contribution in [0.4, 0.5) is 5.69 Å². The molecule has 0 atom stereocenters. The number of hydrogen-bond acceptors (Lipinski definition) is 3. The number of amides is 2. The number of anilines is 1. The fourth-order valence-corrected chi connectivity index (χ4v) is 2.30. The van der Waals surface area contributed by atoms with Crippen LogP contribution in [0.5, 0.6) is 5.75 Å². The number of ether oxygens (including phenoxy) is 1. The Labute approximate surface area is 142 Å². The van der Waals surface area contributed by atoms with Gasteiger partial charge in [-0.3, -0.25) is 9.59 Å². The van der Waals surface area contributed by atoms with E-state index in [1.807, 2.05) is 44.2 Å². The molecule has 5 nitrogen and oxygen atoms in total. The lowest BCUT2D eigenvalue weighted by Crippen LogP contribution is -2.35. The second-order valence-corrected chi connectivity index (χ2v) is 5.73. The summed E-state index contributed by atoms with van der Waals surface area (Å²) in [5, 5.41) is 5.29. The van der Waals surface area contributed by atoms with Gasteiger partial charge in [-0.2, -0.15) is 0 Å². The molecule has 0 aliphatic carbocycles. The molecule has 5 heteroatoms. The summed E-state index contributed by atoms with van der Waals surface area (Å²) in [5.41, 5.74) is 2.55. The van der Waals surface area contributed by atoms with Gasteiger partial charge in [0.15, 0.2) is 0 Å². The molecule has 0 aliphatic heterocycles. The molecule has 0 heterocycles. The fraction of sp³-hybridized carbons (Fsp3) is 0.263. The van der Waals surface area contributed by atoms with E-state index in [9.17, 15) is 9.59 Å². The van der Waals surface area contributed by atoms with Gasteiger partial charge >= 0.3 is 11.8 Å². The summed E-state index contributed by atoms with van der Waals surface area (Å²) in [6.45, 7) is 4.35. The van der Waals surface area contributed by atoms with Gasteiger partial charge in [0.25, 0.3) is 0 Å². The number of para-hydroxylation sites is 1. The molecule has 0 radical (unpaired) electrons. The summed E-state index contributed by atoms with van der Waals surface area (Å²) in [4.78, 5) is 24.0. The van der Waals surface area contributed by atoms with Crippen LogP contribution in [0.2, 0.25) is 0 Å². The molecule has 2 amide bonds. The molecule has 0 spiro atoms. The summed E-state index contributed by atoms with van der Waals surface area (Å²) >= 11 is 0. The first kappa shape index (κ1) is 17.5. The minimum absolute atomic E-state index is 0.254. The molecule has 2 aromatic carbocycles. The Morgan fingerprint density at radius 2 is 1.67 bits per heavy atom. The predicted octanol–water partition coefficient (Wildman–Crippen LogP) is 3.07. The highest BCUT2D eigenvalue weighted by Crippen LogP contribution is 2.23. The van der Waals surface area contributed by atoms with Crippen LogP contribution in [-0.2, 0) is 16.1 Å². The maximum absolute atomic E-state index is 12.1. The molecule has 2 aromatic rings. The number of carbonyl (C=O) groups is 2. The Kier molecular flexibility index (Phi) is 5.95. The van der Waals surface area contributed by atoms with Crippen LogP contribution in [-0.4, -0.2) is 18.9 Å². The highest BCUT2D eigenvalue weighted by atomic mass is 16.5. The lowest BCUT2D eigenvalue weighted by atomic mass is 10.0. The molecule has 126 valence electrons. The number of nitrogens with one attached hydrogen (secondary N) is 2. The number of methoxy groups -OCH3 is 1. The van der Waals surface area contributed by atoms with Gasteiger partial charge < -0.3 is 15.4 Å². The first-order valence-corrected chi connectivity index (χ1v) is 7.82. The van der Waals surface area contributed by atoms with E-state index in [0.717, 1.165) is 16.9 Å². The molecule has 0 fully saturated rings. The Balaban J connectivity index is 1.94. The van der Waals surface area contributed by atoms with Gasteiger partial charge in [-0.05, 0) is 35.2 Å². The quantitative estimate of drug-likeness (QED) is 0.830. The van der Waals surface area contributed by atoms with Crippen molar-refractivity contribution >= 4 is 17.5 Å². The van der Waals surface area contributed by atoms with E-state index in [-0.39, 0.29) is 12.5 Å². The standard InChI is InChI=1S/C19H22N2O3/c1-13(2)16-6-4-5-7-17(16)21-19(23)18(22)20-12-14-8-10-15(24-3)11-9-14/h4-11,13H,12H2,1-3H3,(H,20,22)(H,21,23). The predicted molar refractivity (Wildman–Crippen MR) is 94.0 cm³/mol. The van der Waals surface area contributed by atoms with Crippen molar-refractivity contribution in [2.45, 2.75) is 26.3 Å². The molecule has 0 saturated carbocycles. The van der Waals surface area contributed by atoms with E-state index in [1.54, 1.807) is 25.3 Å². The number of hydrogen-bond donors (Lipinski definition) is 2. The Morgan fingerprint density at radius 3 is 2.29 bits per heavy atom. The van der Waals surface area contributed by atoms with Crippen molar-refractivity contribution in [3.8, 4) is 5.75 Å². The second kappa shape index (κ2) is 8.15. The molecular weight excluding hydrogens is 304 g/mol. The average Bonchev–Trinajstić information content (AvgIpc) is 2.60. The van der Waals surface area contributed by atoms with Crippen LogP contribution in [0, 0.1) is 0 Å². The zero-order valence-electron chi connectivity index (χ0n) is 14.1. The molecule has 24 heavy (non-hydrogen) atoms. The SMILES string of the molecule is COc1ccc(CNC(=O)C(=O)Nc2ccccc2C(C)C)cc1. The minimum atomic E-state index is -0.670. The van der Waals surface area contributed by atoms with Crippen LogP contribution >= 0.6 is 0 Å². The Morgan fingerprint density at radius 1 is 1.00 bits per heavy atom. The van der Waals surface area contributed by atoms with E-state index in [1.165, 1.54) is 0 Å². The van der Waals surface area contributed by atoms with Crippen LogP contribution < -0.4 is 15.4 Å². The number of carbonyl (C=O) groups excluding carboxylic acids is 2. The zero-order chi connectivity index (χ0) is 17.5. The van der Waals surface area contributed by atoms with Gasteiger partial charge in [0.1, 0.15) is 5.75 Å². The first-order chi connectivity index (χ1) is 11.5. The lowest BCUT2D eigenvalue weighted by Gasteiger charge is -2.13. The van der Waals surface area contributed by atoms with Gasteiger partial charge in [0.2, 0.25) is 0 Å². The molecule has 0 unspecified atom stereocenters. The summed E-state index contributed by atoms with van der Waals surface area (Å²) < 4.78 is 5.08. The van der Waals surface area contributed by atoms with E-state index in [4.69, 9.17) is 4.74 Å². The van der Waals surface area contributed by atoms with Crippen molar-refractivity contribution in [2.75, 3.05) is 12.4 Å². The Bertz CT molecular complexity index is 709. The van der Waals surface area contributed by atoms with E-state index >= 15 is 0 Å². The van der Waals surface area contributed by atoms with Crippen molar-refractivity contribution in [1.29, 1.82) is 0 Å². The smallest absolute Gasteiger partial charge is 0.313 e. The van der Waals surface area contributed by atoms with Crippen molar-refractivity contribution in [1.82, 2.24) is 5.32 Å². The summed E-state index contributed by atoms with van der Waals surface area (Å²) in [7, 11) is 1.59. The monoisotopic (exact) mass is 326 g/mol. The van der Waals surface area contributed by atoms with Gasteiger partial charge in [0.05, 0.1) is 7.11 Å². The third-order valence-corrected chi connectivity index (χ3v) is 3.65. The largest absolute Gasteiger partial charge is 0.497 e. The number of benzene rings is 2. The summed E-state index contributed by atoms with van der Waals surface area (Å²) in [5.74, 6) is -0.335. The molecule has 0 saturated heterocycles. The average molecular weight is 326 g/mol. The Hall–Kier alpha value is -2.82. The fourth-order valence-electron chi connectivity index (χ4n) is 2.30. The van der Waals surface area contributed by atoms with Crippen LogP contribution in [0.1, 0.15) is 30.9 Å². The minimum Gasteiger partial charge on any atom is -0.497 e. The highest BCUT2D eigenvalue weighted by Gasteiger charge is 2.15. The van der Waals surface area contributed by atoms with Crippen molar-refractivity contribution in [2.24, 2.45) is 0 Å². The highest BCUT2D eigenvalue weighted by molar-refractivity contribution is 6.39. The lowest BCUT2D eigenvalue weighted by molar-refractivity contribution is -0.136. The van der Waals surface area contributed by atoms with Crippen molar-refractivity contribution in [3.05, 3.63) is 59.7 Å². The maximum Gasteiger partial charge on any atom is 0.313 e. The molecule has 0 bridgehead atoms. The van der Waals surface area contributed by atoms with Gasteiger partial charge in [-0.1, -0.05) is 44.2 Å². The maximum atomic E-state index is 12.1.